The summed E-state index contributed by atoms with van der Waals surface area (Å²) in [5.41, 5.74) is 3.64. The normalized spacial score (nSPS) is 16.4. The number of hydrogen-bond donors (Lipinski definition) is 0. The van der Waals surface area contributed by atoms with Crippen LogP contribution in [0.4, 0.5) is 0 Å². The van der Waals surface area contributed by atoms with Crippen molar-refractivity contribution in [1.82, 2.24) is 0 Å². The monoisotopic (exact) mass is 283 g/mol. The lowest BCUT2D eigenvalue weighted by Crippen LogP contribution is -2.03. The molecule has 2 heterocycles. The number of thiophene rings is 1. The SMILES string of the molecule is Cc1ccc(/C=C2\N=C(c3cccs3)OC2=O)c(C)c1. The van der Waals surface area contributed by atoms with E-state index >= 15 is 0 Å². The Hall–Kier alpha value is -2.20. The van der Waals surface area contributed by atoms with Crippen LogP contribution in [0.1, 0.15) is 21.6 Å². The fourth-order valence-corrected chi connectivity index (χ4v) is 2.70. The number of ether oxygens (including phenoxy) is 1. The van der Waals surface area contributed by atoms with Gasteiger partial charge < -0.3 is 4.74 Å². The molecular weight excluding hydrogens is 270 g/mol. The molecular formula is C16H13NO2S. The van der Waals surface area contributed by atoms with Gasteiger partial charge in [-0.2, -0.15) is 0 Å². The van der Waals surface area contributed by atoms with E-state index in [0.717, 1.165) is 16.0 Å². The van der Waals surface area contributed by atoms with Crippen molar-refractivity contribution < 1.29 is 9.53 Å². The van der Waals surface area contributed by atoms with Crippen molar-refractivity contribution in [2.24, 2.45) is 4.99 Å². The topological polar surface area (TPSA) is 38.7 Å². The lowest BCUT2D eigenvalue weighted by Gasteiger charge is -2.01. The highest BCUT2D eigenvalue weighted by atomic mass is 32.1. The average molecular weight is 283 g/mol. The minimum Gasteiger partial charge on any atom is -0.401 e. The molecule has 0 aliphatic carbocycles. The molecule has 1 aliphatic rings. The van der Waals surface area contributed by atoms with Crippen LogP contribution in [0.5, 0.6) is 0 Å². The molecule has 0 radical (unpaired) electrons. The maximum atomic E-state index is 11.9. The van der Waals surface area contributed by atoms with Crippen molar-refractivity contribution in [1.29, 1.82) is 0 Å². The van der Waals surface area contributed by atoms with Crippen molar-refractivity contribution in [3.63, 3.8) is 0 Å². The minimum absolute atomic E-state index is 0.348. The molecule has 0 bridgehead atoms. The van der Waals surface area contributed by atoms with Crippen molar-refractivity contribution in [3.8, 4) is 0 Å². The van der Waals surface area contributed by atoms with E-state index in [-0.39, 0.29) is 0 Å². The van der Waals surface area contributed by atoms with Crippen molar-refractivity contribution in [2.75, 3.05) is 0 Å². The molecule has 0 atom stereocenters. The number of cyclic esters (lactones) is 1. The third-order valence-electron chi connectivity index (χ3n) is 3.07. The molecule has 100 valence electrons. The van der Waals surface area contributed by atoms with Gasteiger partial charge >= 0.3 is 5.97 Å². The number of carbonyl (C=O) groups is 1. The quantitative estimate of drug-likeness (QED) is 0.622. The highest BCUT2D eigenvalue weighted by Crippen LogP contribution is 2.22. The number of aliphatic imine (C=N–C) groups is 1. The summed E-state index contributed by atoms with van der Waals surface area (Å²) in [5, 5.41) is 1.93. The van der Waals surface area contributed by atoms with Gasteiger partial charge in [0.1, 0.15) is 0 Å². The Bertz CT molecular complexity index is 727. The summed E-state index contributed by atoms with van der Waals surface area (Å²) in [4.78, 5) is 17.0. The van der Waals surface area contributed by atoms with Crippen molar-refractivity contribution in [3.05, 3.63) is 63.0 Å². The largest absolute Gasteiger partial charge is 0.401 e. The Morgan fingerprint density at radius 3 is 2.80 bits per heavy atom. The predicted octanol–water partition coefficient (Wildman–Crippen LogP) is 3.71. The van der Waals surface area contributed by atoms with Crippen LogP contribution in [-0.2, 0) is 9.53 Å². The average Bonchev–Trinajstić information content (AvgIpc) is 3.03. The second kappa shape index (κ2) is 5.06. The number of aryl methyl sites for hydroxylation is 2. The number of esters is 1. The molecule has 0 unspecified atom stereocenters. The highest BCUT2D eigenvalue weighted by molar-refractivity contribution is 7.12. The molecule has 0 amide bonds. The van der Waals surface area contributed by atoms with Gasteiger partial charge in [-0.1, -0.05) is 29.8 Å². The molecule has 0 N–H and O–H groups in total. The van der Waals surface area contributed by atoms with Crippen LogP contribution in [0.15, 0.2) is 46.4 Å². The van der Waals surface area contributed by atoms with Crippen LogP contribution >= 0.6 is 11.3 Å². The summed E-state index contributed by atoms with van der Waals surface area (Å²) in [7, 11) is 0. The molecule has 3 nitrogen and oxygen atoms in total. The van der Waals surface area contributed by atoms with E-state index in [9.17, 15) is 4.79 Å². The maximum absolute atomic E-state index is 11.9. The Morgan fingerprint density at radius 1 is 1.25 bits per heavy atom. The number of benzene rings is 1. The maximum Gasteiger partial charge on any atom is 0.363 e. The second-order valence-corrected chi connectivity index (χ2v) is 5.62. The van der Waals surface area contributed by atoms with Crippen molar-refractivity contribution in [2.45, 2.75) is 13.8 Å². The van der Waals surface area contributed by atoms with E-state index in [1.165, 1.54) is 16.9 Å². The van der Waals surface area contributed by atoms with Crippen LogP contribution in [0.25, 0.3) is 6.08 Å². The molecule has 0 fully saturated rings. The zero-order chi connectivity index (χ0) is 14.1. The van der Waals surface area contributed by atoms with Crippen LogP contribution in [-0.4, -0.2) is 11.9 Å². The summed E-state index contributed by atoms with van der Waals surface area (Å²) >= 11 is 1.50. The van der Waals surface area contributed by atoms with E-state index in [1.807, 2.05) is 43.5 Å². The third-order valence-corrected chi connectivity index (χ3v) is 3.93. The Labute approximate surface area is 121 Å². The summed E-state index contributed by atoms with van der Waals surface area (Å²) in [5.74, 6) is -0.00519. The van der Waals surface area contributed by atoms with Crippen molar-refractivity contribution >= 4 is 29.3 Å². The molecule has 1 aromatic heterocycles. The molecule has 3 rings (SSSR count). The standard InChI is InChI=1S/C16H13NO2S/c1-10-5-6-12(11(2)8-10)9-13-16(18)19-15(17-13)14-4-3-7-20-14/h3-9H,1-2H3/b13-9-. The summed E-state index contributed by atoms with van der Waals surface area (Å²) in [6, 6.07) is 9.88. The first-order valence-electron chi connectivity index (χ1n) is 6.27. The van der Waals surface area contributed by atoms with E-state index in [4.69, 9.17) is 4.74 Å². The van der Waals surface area contributed by atoms with Crippen LogP contribution in [0.3, 0.4) is 0 Å². The lowest BCUT2D eigenvalue weighted by molar-refractivity contribution is -0.129. The van der Waals surface area contributed by atoms with Gasteiger partial charge in [-0.3, -0.25) is 0 Å². The second-order valence-electron chi connectivity index (χ2n) is 4.67. The first-order chi connectivity index (χ1) is 9.63. The van der Waals surface area contributed by atoms with Gasteiger partial charge in [-0.15, -0.1) is 11.3 Å². The summed E-state index contributed by atoms with van der Waals surface area (Å²) in [6.45, 7) is 4.06. The highest BCUT2D eigenvalue weighted by Gasteiger charge is 2.24. The van der Waals surface area contributed by atoms with Crippen LogP contribution < -0.4 is 0 Å². The van der Waals surface area contributed by atoms with Crippen LogP contribution in [0.2, 0.25) is 0 Å². The molecule has 20 heavy (non-hydrogen) atoms. The molecule has 0 saturated carbocycles. The predicted molar refractivity (Wildman–Crippen MR) is 80.8 cm³/mol. The third kappa shape index (κ3) is 2.42. The van der Waals surface area contributed by atoms with Gasteiger partial charge in [0.2, 0.25) is 5.90 Å². The number of carbonyl (C=O) groups excluding carboxylic acids is 1. The Balaban J connectivity index is 1.97. The zero-order valence-corrected chi connectivity index (χ0v) is 12.0. The fourth-order valence-electron chi connectivity index (χ4n) is 2.05. The van der Waals surface area contributed by atoms with Gasteiger partial charge in [0, 0.05) is 0 Å². The number of hydrogen-bond acceptors (Lipinski definition) is 4. The first-order valence-corrected chi connectivity index (χ1v) is 7.15. The molecule has 1 aromatic carbocycles. The minimum atomic E-state index is -0.395. The number of rotatable bonds is 2. The molecule has 2 aromatic rings. The zero-order valence-electron chi connectivity index (χ0n) is 11.2. The molecule has 0 spiro atoms. The number of nitrogens with zero attached hydrogens (tertiary/aromatic N) is 1. The smallest absolute Gasteiger partial charge is 0.363 e. The Kier molecular flexibility index (Phi) is 3.24. The summed E-state index contributed by atoms with van der Waals surface area (Å²) in [6.07, 6.45) is 1.78. The van der Waals surface area contributed by atoms with Gasteiger partial charge in [-0.25, -0.2) is 9.79 Å². The fraction of sp³-hybridized carbons (Fsp3) is 0.125. The van der Waals surface area contributed by atoms with Gasteiger partial charge in [-0.05, 0) is 42.5 Å². The first kappa shape index (κ1) is 12.8. The lowest BCUT2D eigenvalue weighted by atomic mass is 10.0. The molecule has 4 heteroatoms. The van der Waals surface area contributed by atoms with Gasteiger partial charge in [0.25, 0.3) is 0 Å². The Morgan fingerprint density at radius 2 is 2.10 bits per heavy atom. The summed E-state index contributed by atoms with van der Waals surface area (Å²) < 4.78 is 5.21. The molecule has 0 saturated heterocycles. The van der Waals surface area contributed by atoms with E-state index in [0.29, 0.717) is 11.6 Å². The van der Waals surface area contributed by atoms with Gasteiger partial charge in [0.05, 0.1) is 4.88 Å². The molecule has 1 aliphatic heterocycles. The van der Waals surface area contributed by atoms with Crippen LogP contribution in [0, 0.1) is 13.8 Å². The van der Waals surface area contributed by atoms with E-state index in [2.05, 4.69) is 11.1 Å². The van der Waals surface area contributed by atoms with E-state index < -0.39 is 5.97 Å². The van der Waals surface area contributed by atoms with Gasteiger partial charge in [0.15, 0.2) is 5.70 Å². The van der Waals surface area contributed by atoms with E-state index in [1.54, 1.807) is 6.08 Å².